The smallest absolute Gasteiger partial charge is 0.193 e. The molecule has 0 aromatic heterocycles. The second kappa shape index (κ2) is 11.1. The molecule has 2 heterocycles. The van der Waals surface area contributed by atoms with E-state index in [0.29, 0.717) is 0 Å². The van der Waals surface area contributed by atoms with Gasteiger partial charge in [0.1, 0.15) is 0 Å². The maximum atomic E-state index is 5.83. The van der Waals surface area contributed by atoms with Crippen molar-refractivity contribution in [1.82, 2.24) is 20.0 Å². The highest BCUT2D eigenvalue weighted by Gasteiger charge is 2.22. The molecule has 0 saturated carbocycles. The molecule has 1 atom stereocenters. The zero-order valence-corrected chi connectivity index (χ0v) is 18.3. The van der Waals surface area contributed by atoms with Crippen molar-refractivity contribution in [3.05, 3.63) is 35.9 Å². The minimum Gasteiger partial charge on any atom is -0.374 e. The molecule has 0 bridgehead atoms. The Morgan fingerprint density at radius 1 is 1.15 bits per heavy atom. The predicted molar refractivity (Wildman–Crippen MR) is 117 cm³/mol. The third-order valence-corrected chi connectivity index (χ3v) is 4.96. The molecule has 146 valence electrons. The normalized spacial score (nSPS) is 22.8. The van der Waals surface area contributed by atoms with E-state index in [2.05, 4.69) is 62.4 Å². The molecular formula is C19H32IN5O. The van der Waals surface area contributed by atoms with E-state index < -0.39 is 0 Å². The standard InChI is InChI=1S/C19H31N5O.HI/c1-20-19(21-14-18-16-22(2)12-13-25-18)24-10-8-23(9-11-24)15-17-6-4-3-5-7-17;/h3-7,18H,8-16H2,1-2H3,(H,20,21);1H. The van der Waals surface area contributed by atoms with Gasteiger partial charge in [-0.2, -0.15) is 0 Å². The Morgan fingerprint density at radius 2 is 1.88 bits per heavy atom. The van der Waals surface area contributed by atoms with Gasteiger partial charge in [-0.15, -0.1) is 24.0 Å². The van der Waals surface area contributed by atoms with Crippen LogP contribution in [0.1, 0.15) is 5.56 Å². The second-order valence-corrected chi connectivity index (χ2v) is 6.93. The second-order valence-electron chi connectivity index (χ2n) is 6.93. The Hall–Kier alpha value is -0.900. The maximum Gasteiger partial charge on any atom is 0.193 e. The molecule has 0 radical (unpaired) electrons. The number of piperazine rings is 1. The number of hydrogen-bond donors (Lipinski definition) is 1. The van der Waals surface area contributed by atoms with E-state index in [4.69, 9.17) is 4.74 Å². The van der Waals surface area contributed by atoms with Crippen LogP contribution in [0, 0.1) is 0 Å². The lowest BCUT2D eigenvalue weighted by molar-refractivity contribution is -0.0164. The summed E-state index contributed by atoms with van der Waals surface area (Å²) in [5.41, 5.74) is 1.39. The van der Waals surface area contributed by atoms with Crippen LogP contribution in [-0.4, -0.2) is 93.3 Å². The van der Waals surface area contributed by atoms with Gasteiger partial charge in [-0.25, -0.2) is 0 Å². The number of ether oxygens (including phenoxy) is 1. The van der Waals surface area contributed by atoms with Gasteiger partial charge in [0.15, 0.2) is 5.96 Å². The fraction of sp³-hybridized carbons (Fsp3) is 0.632. The van der Waals surface area contributed by atoms with Crippen LogP contribution in [0.3, 0.4) is 0 Å². The average molecular weight is 473 g/mol. The largest absolute Gasteiger partial charge is 0.374 e. The lowest BCUT2D eigenvalue weighted by Crippen LogP contribution is -2.54. The van der Waals surface area contributed by atoms with Gasteiger partial charge in [0.05, 0.1) is 12.7 Å². The number of likely N-dealkylation sites (N-methyl/N-ethyl adjacent to an activating group) is 1. The van der Waals surface area contributed by atoms with Crippen molar-refractivity contribution in [1.29, 1.82) is 0 Å². The summed E-state index contributed by atoms with van der Waals surface area (Å²) in [7, 11) is 4.02. The minimum absolute atomic E-state index is 0. The fourth-order valence-electron chi connectivity index (χ4n) is 3.49. The van der Waals surface area contributed by atoms with Crippen LogP contribution >= 0.6 is 24.0 Å². The number of morpholine rings is 1. The van der Waals surface area contributed by atoms with Gasteiger partial charge in [-0.3, -0.25) is 9.89 Å². The summed E-state index contributed by atoms with van der Waals surface area (Å²) in [4.78, 5) is 11.7. The van der Waals surface area contributed by atoms with E-state index in [-0.39, 0.29) is 30.1 Å². The molecule has 1 aromatic rings. The van der Waals surface area contributed by atoms with Crippen molar-refractivity contribution in [3.8, 4) is 0 Å². The van der Waals surface area contributed by atoms with Crippen LogP contribution in [0.5, 0.6) is 0 Å². The quantitative estimate of drug-likeness (QED) is 0.406. The average Bonchev–Trinajstić information content (AvgIpc) is 2.64. The summed E-state index contributed by atoms with van der Waals surface area (Å²) in [6.45, 7) is 8.83. The van der Waals surface area contributed by atoms with E-state index in [1.165, 1.54) is 5.56 Å². The van der Waals surface area contributed by atoms with Crippen molar-refractivity contribution in [2.45, 2.75) is 12.6 Å². The first kappa shape index (κ1) is 21.4. The summed E-state index contributed by atoms with van der Waals surface area (Å²) < 4.78 is 5.83. The Balaban J connectivity index is 0.00000243. The number of benzene rings is 1. The number of aliphatic imine (C=N–C) groups is 1. The van der Waals surface area contributed by atoms with Crippen LogP contribution < -0.4 is 5.32 Å². The van der Waals surface area contributed by atoms with Gasteiger partial charge in [0.25, 0.3) is 0 Å². The Labute approximate surface area is 174 Å². The van der Waals surface area contributed by atoms with Crippen LogP contribution in [0.15, 0.2) is 35.3 Å². The summed E-state index contributed by atoms with van der Waals surface area (Å²) >= 11 is 0. The molecule has 0 amide bonds. The van der Waals surface area contributed by atoms with Gasteiger partial charge >= 0.3 is 0 Å². The highest BCUT2D eigenvalue weighted by molar-refractivity contribution is 14.0. The highest BCUT2D eigenvalue weighted by atomic mass is 127. The molecular weight excluding hydrogens is 441 g/mol. The van der Waals surface area contributed by atoms with E-state index in [1.54, 1.807) is 0 Å². The predicted octanol–water partition coefficient (Wildman–Crippen LogP) is 1.33. The molecule has 2 fully saturated rings. The van der Waals surface area contributed by atoms with E-state index in [1.807, 2.05) is 7.05 Å². The Kier molecular flexibility index (Phi) is 9.10. The van der Waals surface area contributed by atoms with E-state index in [0.717, 1.165) is 64.9 Å². The number of hydrogen-bond acceptors (Lipinski definition) is 4. The van der Waals surface area contributed by atoms with Crippen LogP contribution in [0.25, 0.3) is 0 Å². The summed E-state index contributed by atoms with van der Waals surface area (Å²) in [6.07, 6.45) is 0.245. The first-order chi connectivity index (χ1) is 12.2. The fourth-order valence-corrected chi connectivity index (χ4v) is 3.49. The van der Waals surface area contributed by atoms with Crippen LogP contribution in [0.4, 0.5) is 0 Å². The number of rotatable bonds is 4. The van der Waals surface area contributed by atoms with E-state index in [9.17, 15) is 0 Å². The molecule has 3 rings (SSSR count). The number of halogens is 1. The monoisotopic (exact) mass is 473 g/mol. The molecule has 1 N–H and O–H groups in total. The summed E-state index contributed by atoms with van der Waals surface area (Å²) in [6, 6.07) is 10.7. The van der Waals surface area contributed by atoms with Gasteiger partial charge in [0, 0.05) is 59.4 Å². The maximum absolute atomic E-state index is 5.83. The summed E-state index contributed by atoms with van der Waals surface area (Å²) in [5, 5.41) is 3.50. The van der Waals surface area contributed by atoms with Gasteiger partial charge in [-0.05, 0) is 12.6 Å². The molecule has 26 heavy (non-hydrogen) atoms. The SMILES string of the molecule is CN=C(NCC1CN(C)CCO1)N1CCN(Cc2ccccc2)CC1.I. The molecule has 2 aliphatic heterocycles. The molecule has 2 saturated heterocycles. The minimum atomic E-state index is 0. The first-order valence-corrected chi connectivity index (χ1v) is 9.26. The molecule has 7 heteroatoms. The zero-order valence-electron chi connectivity index (χ0n) is 15.9. The number of nitrogens with zero attached hydrogens (tertiary/aromatic N) is 4. The molecule has 1 unspecified atom stereocenters. The van der Waals surface area contributed by atoms with Crippen molar-refractivity contribution in [2.75, 3.05) is 66.5 Å². The topological polar surface area (TPSA) is 43.3 Å². The lowest BCUT2D eigenvalue weighted by atomic mass is 10.2. The third-order valence-electron chi connectivity index (χ3n) is 4.96. The molecule has 2 aliphatic rings. The van der Waals surface area contributed by atoms with Crippen molar-refractivity contribution < 1.29 is 4.74 Å². The first-order valence-electron chi connectivity index (χ1n) is 9.26. The molecule has 1 aromatic carbocycles. The lowest BCUT2D eigenvalue weighted by Gasteiger charge is -2.37. The molecule has 6 nitrogen and oxygen atoms in total. The Morgan fingerprint density at radius 3 is 2.54 bits per heavy atom. The number of nitrogens with one attached hydrogen (secondary N) is 1. The van der Waals surface area contributed by atoms with Gasteiger partial charge < -0.3 is 19.9 Å². The molecule has 0 spiro atoms. The van der Waals surface area contributed by atoms with E-state index >= 15 is 0 Å². The summed E-state index contributed by atoms with van der Waals surface area (Å²) in [5.74, 6) is 0.996. The van der Waals surface area contributed by atoms with Crippen molar-refractivity contribution in [2.24, 2.45) is 4.99 Å². The zero-order chi connectivity index (χ0) is 17.5. The number of guanidine groups is 1. The molecule has 0 aliphatic carbocycles. The highest BCUT2D eigenvalue weighted by Crippen LogP contribution is 2.09. The van der Waals surface area contributed by atoms with Gasteiger partial charge in [0.2, 0.25) is 0 Å². The van der Waals surface area contributed by atoms with Crippen molar-refractivity contribution in [3.63, 3.8) is 0 Å². The van der Waals surface area contributed by atoms with Gasteiger partial charge in [-0.1, -0.05) is 30.3 Å². The van der Waals surface area contributed by atoms with Crippen LogP contribution in [-0.2, 0) is 11.3 Å². The Bertz CT molecular complexity index is 548. The van der Waals surface area contributed by atoms with Crippen LogP contribution in [0.2, 0.25) is 0 Å². The van der Waals surface area contributed by atoms with Crippen molar-refractivity contribution >= 4 is 29.9 Å². The third kappa shape index (κ3) is 6.37.